The molecule has 1 unspecified atom stereocenters. The number of nitrogens with zero attached hydrogens (tertiary/aromatic N) is 2. The van der Waals surface area contributed by atoms with Crippen molar-refractivity contribution >= 4 is 0 Å². The highest BCUT2D eigenvalue weighted by Gasteiger charge is 2.26. The summed E-state index contributed by atoms with van der Waals surface area (Å²) >= 11 is 0. The molecule has 0 bridgehead atoms. The summed E-state index contributed by atoms with van der Waals surface area (Å²) in [5, 5.41) is 12.9. The molecule has 4 heteroatoms. The molecule has 2 fully saturated rings. The van der Waals surface area contributed by atoms with Crippen molar-refractivity contribution in [2.75, 3.05) is 39.3 Å². The number of nitrogens with one attached hydrogen (secondary N) is 1. The normalized spacial score (nSPS) is 25.3. The van der Waals surface area contributed by atoms with E-state index >= 15 is 0 Å². The molecule has 4 nitrogen and oxygen atoms in total. The van der Waals surface area contributed by atoms with Crippen LogP contribution in [0, 0.1) is 0 Å². The molecular formula is C15H31N3O. The van der Waals surface area contributed by atoms with Crippen molar-refractivity contribution in [3.63, 3.8) is 0 Å². The van der Waals surface area contributed by atoms with Gasteiger partial charge in [-0.1, -0.05) is 26.7 Å². The number of piperazine rings is 1. The fraction of sp³-hybridized carbons (Fsp3) is 1.00. The first-order chi connectivity index (χ1) is 9.19. The Morgan fingerprint density at radius 2 is 1.74 bits per heavy atom. The van der Waals surface area contributed by atoms with Crippen LogP contribution < -0.4 is 5.32 Å². The van der Waals surface area contributed by atoms with Gasteiger partial charge in [-0.25, -0.2) is 0 Å². The van der Waals surface area contributed by atoms with Gasteiger partial charge in [-0.15, -0.1) is 0 Å². The lowest BCUT2D eigenvalue weighted by Gasteiger charge is -2.39. The lowest BCUT2D eigenvalue weighted by molar-refractivity contribution is 0.0828. The molecule has 1 atom stereocenters. The van der Waals surface area contributed by atoms with Gasteiger partial charge < -0.3 is 10.4 Å². The third kappa shape index (κ3) is 4.71. The minimum absolute atomic E-state index is 0.220. The average molecular weight is 269 g/mol. The van der Waals surface area contributed by atoms with Crippen LogP contribution in [0.2, 0.25) is 0 Å². The monoisotopic (exact) mass is 269 g/mol. The molecule has 0 aromatic carbocycles. The minimum Gasteiger partial charge on any atom is -0.395 e. The largest absolute Gasteiger partial charge is 0.395 e. The van der Waals surface area contributed by atoms with Crippen molar-refractivity contribution in [1.82, 2.24) is 15.1 Å². The zero-order valence-corrected chi connectivity index (χ0v) is 12.6. The molecule has 0 aromatic heterocycles. The summed E-state index contributed by atoms with van der Waals surface area (Å²) < 4.78 is 0. The molecule has 2 rings (SSSR count). The fourth-order valence-electron chi connectivity index (χ4n) is 3.53. The van der Waals surface area contributed by atoms with Crippen LogP contribution in [0.3, 0.4) is 0 Å². The van der Waals surface area contributed by atoms with Crippen LogP contribution in [0.5, 0.6) is 0 Å². The fourth-order valence-corrected chi connectivity index (χ4v) is 3.53. The molecule has 2 aliphatic rings. The van der Waals surface area contributed by atoms with E-state index in [0.717, 1.165) is 25.7 Å². The molecule has 19 heavy (non-hydrogen) atoms. The highest BCUT2D eigenvalue weighted by Crippen LogP contribution is 2.24. The lowest BCUT2D eigenvalue weighted by Crippen LogP contribution is -2.54. The molecule has 0 spiro atoms. The summed E-state index contributed by atoms with van der Waals surface area (Å²) in [4.78, 5) is 5.19. The maximum atomic E-state index is 9.43. The van der Waals surface area contributed by atoms with Crippen molar-refractivity contribution < 1.29 is 5.11 Å². The van der Waals surface area contributed by atoms with Gasteiger partial charge in [0, 0.05) is 50.8 Å². The summed E-state index contributed by atoms with van der Waals surface area (Å²) in [6.07, 6.45) is 5.67. The van der Waals surface area contributed by atoms with E-state index in [0.29, 0.717) is 6.04 Å². The number of hydrogen-bond acceptors (Lipinski definition) is 4. The Balaban J connectivity index is 1.70. The second-order valence-corrected chi connectivity index (χ2v) is 6.48. The molecule has 0 radical (unpaired) electrons. The molecule has 1 saturated heterocycles. The first kappa shape index (κ1) is 15.2. The summed E-state index contributed by atoms with van der Waals surface area (Å²) in [7, 11) is 0. The van der Waals surface area contributed by atoms with Crippen LogP contribution in [0.25, 0.3) is 0 Å². The predicted octanol–water partition coefficient (Wildman–Crippen LogP) is 0.906. The Kier molecular flexibility index (Phi) is 6.07. The summed E-state index contributed by atoms with van der Waals surface area (Å²) in [5.41, 5.74) is 0. The van der Waals surface area contributed by atoms with Gasteiger partial charge in [0.05, 0.1) is 6.61 Å². The van der Waals surface area contributed by atoms with E-state index in [1.54, 1.807) is 0 Å². The predicted molar refractivity (Wildman–Crippen MR) is 79.4 cm³/mol. The Labute approximate surface area is 118 Å². The zero-order chi connectivity index (χ0) is 13.7. The smallest absolute Gasteiger partial charge is 0.0597 e. The summed E-state index contributed by atoms with van der Waals surface area (Å²) in [5.74, 6) is 0. The molecule has 0 aromatic rings. The van der Waals surface area contributed by atoms with Crippen molar-refractivity contribution in [1.29, 1.82) is 0 Å². The number of aliphatic hydroxyl groups excluding tert-OH is 1. The summed E-state index contributed by atoms with van der Waals surface area (Å²) in [6.45, 7) is 10.2. The highest BCUT2D eigenvalue weighted by molar-refractivity contribution is 4.83. The van der Waals surface area contributed by atoms with Crippen molar-refractivity contribution in [2.24, 2.45) is 0 Å². The van der Waals surface area contributed by atoms with Gasteiger partial charge >= 0.3 is 0 Å². The maximum Gasteiger partial charge on any atom is 0.0597 e. The SMILES string of the molecule is CC(C)NC(CO)CN1CCN(C2CCCC2)CC1. The van der Waals surface area contributed by atoms with Gasteiger partial charge in [-0.05, 0) is 12.8 Å². The van der Waals surface area contributed by atoms with E-state index in [1.165, 1.54) is 38.8 Å². The van der Waals surface area contributed by atoms with Crippen LogP contribution in [0.4, 0.5) is 0 Å². The first-order valence-electron chi connectivity index (χ1n) is 8.02. The van der Waals surface area contributed by atoms with Gasteiger partial charge in [0.15, 0.2) is 0 Å². The molecule has 1 heterocycles. The van der Waals surface area contributed by atoms with Crippen LogP contribution in [-0.4, -0.2) is 72.4 Å². The number of rotatable bonds is 6. The van der Waals surface area contributed by atoms with E-state index in [2.05, 4.69) is 29.0 Å². The number of hydrogen-bond donors (Lipinski definition) is 2. The molecule has 0 amide bonds. The first-order valence-corrected chi connectivity index (χ1v) is 8.02. The van der Waals surface area contributed by atoms with Crippen molar-refractivity contribution in [2.45, 2.75) is 57.7 Å². The topological polar surface area (TPSA) is 38.7 Å². The molecule has 1 aliphatic heterocycles. The van der Waals surface area contributed by atoms with E-state index in [9.17, 15) is 5.11 Å². The van der Waals surface area contributed by atoms with Gasteiger partial charge in [-0.2, -0.15) is 0 Å². The van der Waals surface area contributed by atoms with Crippen LogP contribution >= 0.6 is 0 Å². The average Bonchev–Trinajstić information content (AvgIpc) is 2.92. The Hall–Kier alpha value is -0.160. The van der Waals surface area contributed by atoms with E-state index < -0.39 is 0 Å². The third-order valence-electron chi connectivity index (χ3n) is 4.52. The van der Waals surface area contributed by atoms with Crippen molar-refractivity contribution in [3.05, 3.63) is 0 Å². The quantitative estimate of drug-likeness (QED) is 0.752. The van der Waals surface area contributed by atoms with Crippen molar-refractivity contribution in [3.8, 4) is 0 Å². The van der Waals surface area contributed by atoms with E-state index in [-0.39, 0.29) is 12.6 Å². The highest BCUT2D eigenvalue weighted by atomic mass is 16.3. The van der Waals surface area contributed by atoms with Gasteiger partial charge in [0.2, 0.25) is 0 Å². The zero-order valence-electron chi connectivity index (χ0n) is 12.6. The Morgan fingerprint density at radius 3 is 2.26 bits per heavy atom. The van der Waals surface area contributed by atoms with E-state index in [1.807, 2.05) is 0 Å². The van der Waals surface area contributed by atoms with Gasteiger partial charge in [0.25, 0.3) is 0 Å². The molecule has 1 saturated carbocycles. The maximum absolute atomic E-state index is 9.43. The van der Waals surface area contributed by atoms with Crippen LogP contribution in [0.1, 0.15) is 39.5 Å². The van der Waals surface area contributed by atoms with Gasteiger partial charge in [0.1, 0.15) is 0 Å². The molecule has 112 valence electrons. The lowest BCUT2D eigenvalue weighted by atomic mass is 10.1. The number of aliphatic hydroxyl groups is 1. The Bertz CT molecular complexity index is 246. The third-order valence-corrected chi connectivity index (χ3v) is 4.52. The second kappa shape index (κ2) is 7.58. The second-order valence-electron chi connectivity index (χ2n) is 6.48. The van der Waals surface area contributed by atoms with Crippen LogP contribution in [-0.2, 0) is 0 Å². The minimum atomic E-state index is 0.220. The summed E-state index contributed by atoms with van der Waals surface area (Å²) in [6, 6.07) is 1.53. The van der Waals surface area contributed by atoms with Crippen LogP contribution in [0.15, 0.2) is 0 Å². The standard InChI is InChI=1S/C15H31N3O/c1-13(2)16-14(12-19)11-17-7-9-18(10-8-17)15-5-3-4-6-15/h13-16,19H,3-12H2,1-2H3. The van der Waals surface area contributed by atoms with E-state index in [4.69, 9.17) is 0 Å². The molecule has 2 N–H and O–H groups in total. The van der Waals surface area contributed by atoms with Gasteiger partial charge in [-0.3, -0.25) is 9.80 Å². The molecular weight excluding hydrogens is 238 g/mol. The Morgan fingerprint density at radius 1 is 1.11 bits per heavy atom. The molecule has 1 aliphatic carbocycles.